The third-order valence-corrected chi connectivity index (χ3v) is 8.52. The second-order valence-corrected chi connectivity index (χ2v) is 11.9. The van der Waals surface area contributed by atoms with Gasteiger partial charge in [-0.3, -0.25) is 9.71 Å². The molecule has 3 heterocycles. The molecule has 11 nitrogen and oxygen atoms in total. The maximum Gasteiger partial charge on any atom is 0.430 e. The first-order valence-electron chi connectivity index (χ1n) is 13.5. The van der Waals surface area contributed by atoms with E-state index in [4.69, 9.17) is 19.4 Å². The number of benzene rings is 1. The van der Waals surface area contributed by atoms with Crippen molar-refractivity contribution < 1.29 is 45.9 Å². The summed E-state index contributed by atoms with van der Waals surface area (Å²) in [6.45, 7) is 4.86. The van der Waals surface area contributed by atoms with Gasteiger partial charge in [0.25, 0.3) is 10.0 Å². The van der Waals surface area contributed by atoms with Gasteiger partial charge in [-0.25, -0.2) is 18.4 Å². The minimum Gasteiger partial charge on any atom is -0.542 e. The molecule has 15 heteroatoms. The van der Waals surface area contributed by atoms with E-state index >= 15 is 0 Å². The molecule has 0 saturated heterocycles. The number of hydrogen-bond donors (Lipinski definition) is 2. The Balaban J connectivity index is 0.000000541. The number of aromatic nitrogens is 3. The second-order valence-electron chi connectivity index (χ2n) is 10.2. The van der Waals surface area contributed by atoms with Crippen LogP contribution in [-0.4, -0.2) is 62.4 Å². The average molecular weight is 624 g/mol. The van der Waals surface area contributed by atoms with Crippen molar-refractivity contribution in [2.45, 2.75) is 55.8 Å². The molecule has 2 aliphatic rings. The standard InChI is InChI=1S/C26H31N5O4S.C2HF3O2/c1-18(21-6-8-26(29-14-21)35-12-11-34-2)31-10-9-19-5-7-23(13-22(19)17-31)36(32,33)30-25-16-27-24(15-28-25)20-3-4-20;3-2(4,5)1(6)7/h5-8,13-16,18,20H,3-4,9-12,17H2,1-2H3,(H,28,30);(H,6,7)/t18-;/m1./s1. The van der Waals surface area contributed by atoms with Gasteiger partial charge >= 0.3 is 6.18 Å². The lowest BCUT2D eigenvalue weighted by molar-refractivity contribution is -0.945. The summed E-state index contributed by atoms with van der Waals surface area (Å²) in [5.41, 5.74) is 4.28. The van der Waals surface area contributed by atoms with E-state index in [0.717, 1.165) is 49.2 Å². The molecule has 2 aromatic heterocycles. The number of aliphatic carboxylic acids is 1. The maximum atomic E-state index is 13.1. The number of nitrogens with one attached hydrogen (secondary N) is 2. The Labute approximate surface area is 247 Å². The Morgan fingerprint density at radius 1 is 1.09 bits per heavy atom. The lowest BCUT2D eigenvalue weighted by Gasteiger charge is -2.31. The van der Waals surface area contributed by atoms with Crippen molar-refractivity contribution in [3.63, 3.8) is 0 Å². The van der Waals surface area contributed by atoms with Crippen molar-refractivity contribution >= 4 is 21.8 Å². The molecule has 232 valence electrons. The van der Waals surface area contributed by atoms with Crippen LogP contribution in [0.5, 0.6) is 5.88 Å². The molecule has 5 rings (SSSR count). The first-order valence-corrected chi connectivity index (χ1v) is 15.0. The molecule has 0 spiro atoms. The number of nitrogens with zero attached hydrogens (tertiary/aromatic N) is 3. The topological polar surface area (TPSA) is 148 Å². The normalized spacial score (nSPS) is 17.2. The zero-order valence-electron chi connectivity index (χ0n) is 23.6. The van der Waals surface area contributed by atoms with Gasteiger partial charge in [-0.15, -0.1) is 0 Å². The highest BCUT2D eigenvalue weighted by atomic mass is 32.2. The van der Waals surface area contributed by atoms with Crippen molar-refractivity contribution in [2.75, 3.05) is 31.6 Å². The quantitative estimate of drug-likeness (QED) is 0.321. The van der Waals surface area contributed by atoms with Gasteiger partial charge in [0.1, 0.15) is 25.2 Å². The fourth-order valence-corrected chi connectivity index (χ4v) is 5.59. The van der Waals surface area contributed by atoms with Gasteiger partial charge in [0.05, 0.1) is 36.1 Å². The number of carboxylic acid groups (broad SMARTS) is 1. The van der Waals surface area contributed by atoms with Gasteiger partial charge in [-0.05, 0) is 43.5 Å². The molecule has 1 saturated carbocycles. The first kappa shape index (κ1) is 32.1. The lowest BCUT2D eigenvalue weighted by Crippen LogP contribution is -3.11. The number of quaternary nitrogens is 1. The van der Waals surface area contributed by atoms with E-state index in [-0.39, 0.29) is 16.8 Å². The Morgan fingerprint density at radius 3 is 2.42 bits per heavy atom. The van der Waals surface area contributed by atoms with E-state index in [2.05, 4.69) is 26.6 Å². The van der Waals surface area contributed by atoms with Crippen LogP contribution in [0.3, 0.4) is 0 Å². The van der Waals surface area contributed by atoms with Crippen LogP contribution in [0.2, 0.25) is 0 Å². The fraction of sp³-hybridized carbons (Fsp3) is 0.429. The third kappa shape index (κ3) is 8.84. The fourth-order valence-electron chi connectivity index (χ4n) is 4.55. The highest BCUT2D eigenvalue weighted by molar-refractivity contribution is 7.92. The minimum atomic E-state index is -5.19. The van der Waals surface area contributed by atoms with Crippen molar-refractivity contribution in [1.29, 1.82) is 0 Å². The van der Waals surface area contributed by atoms with Gasteiger partial charge in [0.15, 0.2) is 5.82 Å². The predicted molar refractivity (Wildman–Crippen MR) is 146 cm³/mol. The molecular weight excluding hydrogens is 591 g/mol. The van der Waals surface area contributed by atoms with Gasteiger partial charge in [0.2, 0.25) is 5.88 Å². The zero-order chi connectivity index (χ0) is 31.2. The highest BCUT2D eigenvalue weighted by Gasteiger charge is 2.29. The summed E-state index contributed by atoms with van der Waals surface area (Å²) >= 11 is 0. The largest absolute Gasteiger partial charge is 0.542 e. The van der Waals surface area contributed by atoms with Crippen LogP contribution >= 0.6 is 0 Å². The highest BCUT2D eigenvalue weighted by Crippen LogP contribution is 2.38. The number of anilines is 1. The summed E-state index contributed by atoms with van der Waals surface area (Å²) < 4.78 is 70.8. The summed E-state index contributed by atoms with van der Waals surface area (Å²) in [4.78, 5) is 23.4. The number of carboxylic acids is 1. The van der Waals surface area contributed by atoms with E-state index in [9.17, 15) is 21.6 Å². The number of rotatable bonds is 10. The van der Waals surface area contributed by atoms with Crippen LogP contribution in [0, 0.1) is 0 Å². The third-order valence-electron chi connectivity index (χ3n) is 7.17. The van der Waals surface area contributed by atoms with Crippen LogP contribution in [0.1, 0.15) is 54.1 Å². The smallest absolute Gasteiger partial charge is 0.430 e. The number of fused-ring (bicyclic) bond motifs is 1. The number of pyridine rings is 1. The number of alkyl halides is 3. The number of hydrogen-bond acceptors (Lipinski definition) is 9. The molecule has 0 radical (unpaired) electrons. The van der Waals surface area contributed by atoms with Gasteiger partial charge in [-0.1, -0.05) is 6.07 Å². The average Bonchev–Trinajstić information content (AvgIpc) is 3.83. The Morgan fingerprint density at radius 2 is 1.84 bits per heavy atom. The van der Waals surface area contributed by atoms with Crippen molar-refractivity contribution in [3.05, 3.63) is 71.3 Å². The Kier molecular flexibility index (Phi) is 10.2. The number of carbonyl (C=O) groups is 1. The van der Waals surface area contributed by atoms with Crippen molar-refractivity contribution in [2.24, 2.45) is 0 Å². The van der Waals surface area contributed by atoms with Crippen molar-refractivity contribution in [3.8, 4) is 5.88 Å². The van der Waals surface area contributed by atoms with Crippen LogP contribution in [0.25, 0.3) is 0 Å². The van der Waals surface area contributed by atoms with Gasteiger partial charge in [0, 0.05) is 42.8 Å². The zero-order valence-corrected chi connectivity index (χ0v) is 24.4. The maximum absolute atomic E-state index is 13.1. The van der Waals surface area contributed by atoms with E-state index in [0.29, 0.717) is 25.0 Å². The Bertz CT molecular complexity index is 1500. The minimum absolute atomic E-state index is 0.206. The molecule has 1 unspecified atom stereocenters. The lowest BCUT2D eigenvalue weighted by atomic mass is 9.97. The van der Waals surface area contributed by atoms with Crippen molar-refractivity contribution in [1.82, 2.24) is 15.0 Å². The van der Waals surface area contributed by atoms with Crippen LogP contribution in [0.15, 0.2) is 53.8 Å². The monoisotopic (exact) mass is 623 g/mol. The van der Waals surface area contributed by atoms with E-state index in [1.807, 2.05) is 24.4 Å². The number of methoxy groups -OCH3 is 1. The van der Waals surface area contributed by atoms with E-state index in [1.165, 1.54) is 16.7 Å². The van der Waals surface area contributed by atoms with Gasteiger partial charge in [-0.2, -0.15) is 13.2 Å². The number of ether oxygens (including phenoxy) is 2. The first-order chi connectivity index (χ1) is 20.4. The molecule has 1 fully saturated rings. The van der Waals surface area contributed by atoms with Crippen LogP contribution in [0.4, 0.5) is 19.0 Å². The molecule has 1 aliphatic carbocycles. The summed E-state index contributed by atoms with van der Waals surface area (Å²) in [7, 11) is -2.13. The molecule has 0 bridgehead atoms. The molecule has 1 aliphatic heterocycles. The number of halogens is 3. The number of sulfonamides is 1. The molecule has 0 amide bonds. The summed E-state index contributed by atoms with van der Waals surface area (Å²) in [6.07, 6.45) is 2.96. The Hall–Kier alpha value is -3.82. The molecule has 1 aromatic carbocycles. The molecular formula is C28H32F3N5O6S. The molecule has 43 heavy (non-hydrogen) atoms. The second kappa shape index (κ2) is 13.7. The van der Waals surface area contributed by atoms with Gasteiger partial charge < -0.3 is 24.3 Å². The van der Waals surface area contributed by atoms with Crippen LogP contribution in [-0.2, 0) is 32.5 Å². The van der Waals surface area contributed by atoms with Crippen LogP contribution < -0.4 is 19.5 Å². The molecule has 2 atom stereocenters. The predicted octanol–water partition coefficient (Wildman–Crippen LogP) is 1.58. The summed E-state index contributed by atoms with van der Waals surface area (Å²) in [5, 5.41) is 8.78. The molecule has 3 aromatic rings. The van der Waals surface area contributed by atoms with E-state index < -0.39 is 22.2 Å². The number of carbonyl (C=O) groups excluding carboxylic acids is 1. The summed E-state index contributed by atoms with van der Waals surface area (Å²) in [5.74, 6) is -1.72. The summed E-state index contributed by atoms with van der Waals surface area (Å²) in [6, 6.07) is 9.53. The van der Waals surface area contributed by atoms with E-state index in [1.54, 1.807) is 25.4 Å². The SMILES string of the molecule is COCCOc1ccc([C@@H](C)[NH+]2CCc3ccc(S(=O)(=O)Nc4cnc(C5CC5)cn4)cc3C2)cn1.O=C([O-])C(F)(F)F. The molecule has 2 N–H and O–H groups in total.